The smallest absolute Gasteiger partial charge is 0.273 e. The topological polar surface area (TPSA) is 148 Å². The quantitative estimate of drug-likeness (QED) is 0.372. The summed E-state index contributed by atoms with van der Waals surface area (Å²) in [6.07, 6.45) is 6.33. The summed E-state index contributed by atoms with van der Waals surface area (Å²) in [7, 11) is 1.42. The largest absolute Gasteiger partial charge is 0.495 e. The molecule has 2 N–H and O–H groups in total. The molecule has 0 atom stereocenters. The number of pyridine rings is 2. The number of carbonyl (C=O) groups is 2. The first kappa shape index (κ1) is 26.9. The van der Waals surface area contributed by atoms with E-state index in [1.807, 2.05) is 26.8 Å². The molecule has 0 aliphatic heterocycles. The highest BCUT2D eigenvalue weighted by atomic mass is 16.5. The molecule has 0 radical (unpaired) electrons. The summed E-state index contributed by atoms with van der Waals surface area (Å²) in [5.41, 5.74) is 3.55. The van der Waals surface area contributed by atoms with Crippen molar-refractivity contribution in [2.75, 3.05) is 12.4 Å². The van der Waals surface area contributed by atoms with Crippen LogP contribution in [-0.4, -0.2) is 43.9 Å². The van der Waals surface area contributed by atoms with Gasteiger partial charge >= 0.3 is 0 Å². The van der Waals surface area contributed by atoms with E-state index in [1.54, 1.807) is 43.6 Å². The van der Waals surface area contributed by atoms with Gasteiger partial charge in [0.2, 0.25) is 0 Å². The number of amides is 2. The van der Waals surface area contributed by atoms with Crippen LogP contribution >= 0.6 is 0 Å². The molecule has 198 valence electrons. The van der Waals surface area contributed by atoms with Crippen LogP contribution in [0.4, 0.5) is 5.69 Å². The van der Waals surface area contributed by atoms with Gasteiger partial charge in [0.1, 0.15) is 11.8 Å². The number of nitriles is 1. The SMILES string of the molecule is COc1c(C#N)cc(C(C)(C)C)cc1C(=O)Nc1cnc(C)c(-n2cc(C(=O)NCc3cccnc3)nn2)c1. The summed E-state index contributed by atoms with van der Waals surface area (Å²) in [6.45, 7) is 8.08. The number of nitrogens with one attached hydrogen (secondary N) is 2. The molecular weight excluding hydrogens is 496 g/mol. The second kappa shape index (κ2) is 11.1. The second-order valence-electron chi connectivity index (χ2n) is 9.84. The zero-order valence-electron chi connectivity index (χ0n) is 22.3. The number of aryl methyl sites for hydroxylation is 1. The maximum Gasteiger partial charge on any atom is 0.273 e. The van der Waals surface area contributed by atoms with E-state index in [1.165, 1.54) is 24.2 Å². The lowest BCUT2D eigenvalue weighted by Gasteiger charge is -2.22. The summed E-state index contributed by atoms with van der Waals surface area (Å²) >= 11 is 0. The molecule has 2 amide bonds. The number of hydrogen-bond acceptors (Lipinski definition) is 8. The molecule has 0 unspecified atom stereocenters. The third kappa shape index (κ3) is 6.07. The van der Waals surface area contributed by atoms with Crippen LogP contribution in [-0.2, 0) is 12.0 Å². The number of anilines is 1. The van der Waals surface area contributed by atoms with Gasteiger partial charge < -0.3 is 15.4 Å². The van der Waals surface area contributed by atoms with E-state index < -0.39 is 5.91 Å². The zero-order valence-corrected chi connectivity index (χ0v) is 22.3. The summed E-state index contributed by atoms with van der Waals surface area (Å²) in [5, 5.41) is 23.3. The van der Waals surface area contributed by atoms with Crippen molar-refractivity contribution < 1.29 is 14.3 Å². The number of aromatic nitrogens is 5. The summed E-state index contributed by atoms with van der Waals surface area (Å²) in [6, 6.07) is 10.9. The van der Waals surface area contributed by atoms with Gasteiger partial charge in [-0.2, -0.15) is 5.26 Å². The molecule has 0 saturated carbocycles. The zero-order chi connectivity index (χ0) is 28.2. The van der Waals surface area contributed by atoms with Gasteiger partial charge in [-0.15, -0.1) is 5.10 Å². The molecule has 0 aliphatic rings. The molecule has 39 heavy (non-hydrogen) atoms. The number of rotatable bonds is 7. The molecule has 3 heterocycles. The Hall–Kier alpha value is -5.11. The number of benzene rings is 1. The molecular formula is C28H28N8O3. The van der Waals surface area contributed by atoms with E-state index in [0.29, 0.717) is 23.6 Å². The molecule has 0 aliphatic carbocycles. The minimum atomic E-state index is -0.458. The molecule has 0 bridgehead atoms. The molecule has 1 aromatic carbocycles. The average molecular weight is 525 g/mol. The average Bonchev–Trinajstić information content (AvgIpc) is 3.42. The Labute approximate surface area is 225 Å². The Balaban J connectivity index is 1.57. The van der Waals surface area contributed by atoms with Crippen LogP contribution in [0.2, 0.25) is 0 Å². The first-order valence-electron chi connectivity index (χ1n) is 12.1. The Morgan fingerprint density at radius 3 is 2.62 bits per heavy atom. The van der Waals surface area contributed by atoms with Crippen LogP contribution in [0, 0.1) is 18.3 Å². The van der Waals surface area contributed by atoms with E-state index in [2.05, 4.69) is 37.0 Å². The molecule has 11 nitrogen and oxygen atoms in total. The summed E-state index contributed by atoms with van der Waals surface area (Å²) in [4.78, 5) is 34.3. The monoisotopic (exact) mass is 524 g/mol. The van der Waals surface area contributed by atoms with E-state index in [4.69, 9.17) is 4.74 Å². The van der Waals surface area contributed by atoms with Gasteiger partial charge in [-0.05, 0) is 47.7 Å². The molecule has 0 fully saturated rings. The fraction of sp³-hybridized carbons (Fsp3) is 0.250. The Morgan fingerprint density at radius 1 is 1.15 bits per heavy atom. The van der Waals surface area contributed by atoms with Crippen molar-refractivity contribution in [3.05, 3.63) is 88.8 Å². The minimum absolute atomic E-state index is 0.125. The van der Waals surface area contributed by atoms with Gasteiger partial charge in [-0.1, -0.05) is 32.1 Å². The highest BCUT2D eigenvalue weighted by Gasteiger charge is 2.23. The highest BCUT2D eigenvalue weighted by molar-refractivity contribution is 6.07. The number of ether oxygens (including phenoxy) is 1. The molecule has 3 aromatic heterocycles. The second-order valence-corrected chi connectivity index (χ2v) is 9.84. The van der Waals surface area contributed by atoms with Crippen molar-refractivity contribution in [3.8, 4) is 17.5 Å². The van der Waals surface area contributed by atoms with Gasteiger partial charge in [0.05, 0.1) is 47.7 Å². The highest BCUT2D eigenvalue weighted by Crippen LogP contribution is 2.32. The first-order valence-corrected chi connectivity index (χ1v) is 12.1. The van der Waals surface area contributed by atoms with Crippen LogP contribution in [0.15, 0.2) is 55.1 Å². The number of hydrogen-bond donors (Lipinski definition) is 2. The van der Waals surface area contributed by atoms with E-state index >= 15 is 0 Å². The maximum absolute atomic E-state index is 13.3. The molecule has 4 aromatic rings. The van der Waals surface area contributed by atoms with Crippen molar-refractivity contribution in [1.29, 1.82) is 5.26 Å². The van der Waals surface area contributed by atoms with Crippen molar-refractivity contribution in [3.63, 3.8) is 0 Å². The van der Waals surface area contributed by atoms with E-state index in [-0.39, 0.29) is 33.9 Å². The normalized spacial score (nSPS) is 11.0. The molecule has 4 rings (SSSR count). The lowest BCUT2D eigenvalue weighted by molar-refractivity contribution is 0.0945. The van der Waals surface area contributed by atoms with Crippen LogP contribution in [0.5, 0.6) is 5.75 Å². The van der Waals surface area contributed by atoms with Crippen molar-refractivity contribution in [2.45, 2.75) is 39.7 Å². The minimum Gasteiger partial charge on any atom is -0.495 e. The fourth-order valence-corrected chi connectivity index (χ4v) is 3.81. The predicted octanol–water partition coefficient (Wildman–Crippen LogP) is 3.73. The number of methoxy groups -OCH3 is 1. The van der Waals surface area contributed by atoms with Gasteiger partial charge in [-0.25, -0.2) is 4.68 Å². The van der Waals surface area contributed by atoms with Crippen LogP contribution in [0.25, 0.3) is 5.69 Å². The third-order valence-electron chi connectivity index (χ3n) is 5.99. The van der Waals surface area contributed by atoms with Crippen LogP contribution in [0.1, 0.15) is 64.0 Å². The molecule has 0 saturated heterocycles. The molecule has 11 heteroatoms. The Morgan fingerprint density at radius 2 is 1.95 bits per heavy atom. The van der Waals surface area contributed by atoms with E-state index in [9.17, 15) is 14.9 Å². The Bertz CT molecular complexity index is 1570. The predicted molar refractivity (Wildman–Crippen MR) is 144 cm³/mol. The molecule has 0 spiro atoms. The van der Waals surface area contributed by atoms with Gasteiger partial charge in [0, 0.05) is 18.9 Å². The lowest BCUT2D eigenvalue weighted by atomic mass is 9.84. The summed E-state index contributed by atoms with van der Waals surface area (Å²) in [5.74, 6) is -0.652. The van der Waals surface area contributed by atoms with Crippen LogP contribution < -0.4 is 15.4 Å². The number of nitrogens with zero attached hydrogens (tertiary/aromatic N) is 6. The van der Waals surface area contributed by atoms with Crippen molar-refractivity contribution in [2.24, 2.45) is 0 Å². The summed E-state index contributed by atoms with van der Waals surface area (Å²) < 4.78 is 6.84. The van der Waals surface area contributed by atoms with Gasteiger partial charge in [0.15, 0.2) is 5.69 Å². The standard InChI is InChI=1S/C28H28N8O3/c1-17-24(36-16-23(34-35-36)27(38)32-14-18-7-6-8-30-13-18)11-21(15-31-17)33-26(37)22-10-20(28(2,3)4)9-19(12-29)25(22)39-5/h6-11,13,15-16H,14H2,1-5H3,(H,32,38)(H,33,37). The third-order valence-corrected chi connectivity index (χ3v) is 5.99. The van der Waals surface area contributed by atoms with E-state index in [0.717, 1.165) is 11.1 Å². The fourth-order valence-electron chi connectivity index (χ4n) is 3.81. The number of carbonyl (C=O) groups excluding carboxylic acids is 2. The van der Waals surface area contributed by atoms with Crippen molar-refractivity contribution >= 4 is 17.5 Å². The lowest BCUT2D eigenvalue weighted by Crippen LogP contribution is -2.23. The Kier molecular flexibility index (Phi) is 7.67. The van der Waals surface area contributed by atoms with Crippen LogP contribution in [0.3, 0.4) is 0 Å². The van der Waals surface area contributed by atoms with Crippen molar-refractivity contribution in [1.82, 2.24) is 30.3 Å². The first-order chi connectivity index (χ1) is 18.6. The maximum atomic E-state index is 13.3. The van der Waals surface area contributed by atoms with Gasteiger partial charge in [0.25, 0.3) is 11.8 Å². The van der Waals surface area contributed by atoms with Gasteiger partial charge in [-0.3, -0.25) is 19.6 Å².